The maximum absolute atomic E-state index is 10.3. The summed E-state index contributed by atoms with van der Waals surface area (Å²) in [6.45, 7) is 0. The predicted molar refractivity (Wildman–Crippen MR) is 34.5 cm³/mol. The largest absolute Gasteiger partial charge is 1.00 e. The summed E-state index contributed by atoms with van der Waals surface area (Å²) in [5, 5.41) is 35.5. The maximum atomic E-state index is 10.3. The third-order valence-corrected chi connectivity index (χ3v) is 1.28. The van der Waals surface area contributed by atoms with Crippen molar-refractivity contribution in [3.63, 3.8) is 0 Å². The molecule has 0 saturated heterocycles. The van der Waals surface area contributed by atoms with Gasteiger partial charge in [0.05, 0.1) is 6.42 Å². The first-order valence-corrected chi connectivity index (χ1v) is 3.15. The third kappa shape index (κ3) is 7.78. The molecule has 0 aliphatic carbocycles. The number of hydrogen-bond donors (Lipinski definition) is 3. The van der Waals surface area contributed by atoms with E-state index in [0.717, 1.165) is 0 Å². The van der Waals surface area contributed by atoms with Gasteiger partial charge in [0.1, 0.15) is 0 Å². The quantitative estimate of drug-likeness (QED) is 0.426. The van der Waals surface area contributed by atoms with Gasteiger partial charge in [0, 0.05) is 29.5 Å². The van der Waals surface area contributed by atoms with Gasteiger partial charge in [-0.1, -0.05) is 0 Å². The van der Waals surface area contributed by atoms with Crippen LogP contribution in [0.5, 0.6) is 0 Å². The summed E-state index contributed by atoms with van der Waals surface area (Å²) in [5.74, 6) is -5.34. The third-order valence-electron chi connectivity index (χ3n) is 1.28. The molecule has 0 heterocycles. The van der Waals surface area contributed by atoms with E-state index in [2.05, 4.69) is 0 Å². The molecule has 0 aromatic rings. The first kappa shape index (κ1) is 20.3. The van der Waals surface area contributed by atoms with E-state index in [4.69, 9.17) is 15.3 Å². The van der Waals surface area contributed by atoms with Gasteiger partial charge in [-0.25, -0.2) is 4.79 Å². The van der Waals surface area contributed by atoms with E-state index in [9.17, 15) is 19.5 Å². The molecule has 0 saturated carbocycles. The van der Waals surface area contributed by atoms with E-state index in [1.807, 2.05) is 0 Å². The molecular weight excluding hydrogens is 271 g/mol. The Morgan fingerprint density at radius 3 is 1.73 bits per heavy atom. The number of carboxylic acid groups (broad SMARTS) is 3. The molecule has 0 aromatic heterocycles. The van der Waals surface area contributed by atoms with Crippen LogP contribution in [-0.2, 0) is 31.5 Å². The van der Waals surface area contributed by atoms with Gasteiger partial charge < -0.3 is 25.2 Å². The van der Waals surface area contributed by atoms with E-state index >= 15 is 0 Å². The van der Waals surface area contributed by atoms with Gasteiger partial charge in [0.2, 0.25) is 0 Å². The minimum Gasteiger partial charge on any atom is -0.550 e. The van der Waals surface area contributed by atoms with E-state index in [1.54, 1.807) is 0 Å². The van der Waals surface area contributed by atoms with Crippen LogP contribution < -0.4 is 34.7 Å². The number of aliphatic carboxylic acids is 3. The zero-order chi connectivity index (χ0) is 10.6. The van der Waals surface area contributed by atoms with Crippen molar-refractivity contribution in [3.8, 4) is 0 Å². The monoisotopic (exact) mass is 277 g/mol. The van der Waals surface area contributed by atoms with E-state index < -0.39 is 36.4 Å². The SMILES string of the molecule is O=C([O-])CC(O)(CC(=O)O)C(=O)O.[Cu].[Na+]. The number of hydrogen-bond acceptors (Lipinski definition) is 5. The number of aliphatic hydroxyl groups is 1. The van der Waals surface area contributed by atoms with Crippen LogP contribution in [0, 0.1) is 0 Å². The van der Waals surface area contributed by atoms with E-state index in [-0.39, 0.29) is 46.6 Å². The fourth-order valence-corrected chi connectivity index (χ4v) is 0.703. The average molecular weight is 278 g/mol. The molecule has 0 bridgehead atoms. The molecule has 0 rings (SSSR count). The fraction of sp³-hybridized carbons (Fsp3) is 0.500. The van der Waals surface area contributed by atoms with Crippen molar-refractivity contribution in [2.45, 2.75) is 18.4 Å². The Hall–Kier alpha value is -0.111. The molecule has 3 N–H and O–H groups in total. The van der Waals surface area contributed by atoms with Crippen molar-refractivity contribution >= 4 is 17.9 Å². The van der Waals surface area contributed by atoms with Gasteiger partial charge in [0.25, 0.3) is 0 Å². The first-order valence-electron chi connectivity index (χ1n) is 3.15. The van der Waals surface area contributed by atoms with Gasteiger partial charge in [-0.2, -0.15) is 0 Å². The van der Waals surface area contributed by atoms with Crippen molar-refractivity contribution in [3.05, 3.63) is 0 Å². The molecule has 1 unspecified atom stereocenters. The molecule has 0 aliphatic rings. The molecule has 1 atom stereocenters. The first-order chi connectivity index (χ1) is 5.78. The van der Waals surface area contributed by atoms with Gasteiger partial charge in [0.15, 0.2) is 5.60 Å². The van der Waals surface area contributed by atoms with Crippen LogP contribution in [0.4, 0.5) is 0 Å². The number of carbonyl (C=O) groups excluding carboxylic acids is 1. The van der Waals surface area contributed by atoms with Gasteiger partial charge in [-0.3, -0.25) is 4.79 Å². The Bertz CT molecular complexity index is 238. The van der Waals surface area contributed by atoms with Crippen LogP contribution in [-0.4, -0.2) is 38.8 Å². The van der Waals surface area contributed by atoms with Crippen molar-refractivity contribution in [2.24, 2.45) is 0 Å². The summed E-state index contributed by atoms with van der Waals surface area (Å²) >= 11 is 0. The summed E-state index contributed by atoms with van der Waals surface area (Å²) in [6.07, 6.45) is -2.44. The second-order valence-corrected chi connectivity index (χ2v) is 2.46. The average Bonchev–Trinajstić information content (AvgIpc) is 1.82. The fourth-order valence-electron chi connectivity index (χ4n) is 0.703. The number of carbonyl (C=O) groups is 3. The van der Waals surface area contributed by atoms with Crippen molar-refractivity contribution in [1.29, 1.82) is 0 Å². The zero-order valence-electron chi connectivity index (χ0n) is 7.69. The Labute approximate surface area is 117 Å². The van der Waals surface area contributed by atoms with Gasteiger partial charge in [-0.15, -0.1) is 0 Å². The molecule has 85 valence electrons. The maximum Gasteiger partial charge on any atom is 1.00 e. The Kier molecular flexibility index (Phi) is 11.0. The minimum absolute atomic E-state index is 0. The molecule has 0 aliphatic heterocycles. The van der Waals surface area contributed by atoms with E-state index in [0.29, 0.717) is 0 Å². The van der Waals surface area contributed by atoms with Crippen LogP contribution >= 0.6 is 0 Å². The molecule has 15 heavy (non-hydrogen) atoms. The zero-order valence-corrected chi connectivity index (χ0v) is 10.6. The van der Waals surface area contributed by atoms with Crippen molar-refractivity contribution < 1.29 is 81.4 Å². The Morgan fingerprint density at radius 1 is 1.13 bits per heavy atom. The van der Waals surface area contributed by atoms with Crippen LogP contribution in [0.2, 0.25) is 0 Å². The summed E-state index contributed by atoms with van der Waals surface area (Å²) in [7, 11) is 0. The molecular formula is C6H7CuNaO7. The van der Waals surface area contributed by atoms with Crippen LogP contribution in [0.15, 0.2) is 0 Å². The number of carboxylic acids is 3. The van der Waals surface area contributed by atoms with Crippen molar-refractivity contribution in [2.75, 3.05) is 0 Å². The van der Waals surface area contributed by atoms with Gasteiger partial charge >= 0.3 is 41.5 Å². The van der Waals surface area contributed by atoms with Crippen LogP contribution in [0.3, 0.4) is 0 Å². The number of rotatable bonds is 5. The summed E-state index contributed by atoms with van der Waals surface area (Å²) in [6, 6.07) is 0. The Morgan fingerprint density at radius 2 is 1.53 bits per heavy atom. The summed E-state index contributed by atoms with van der Waals surface area (Å²) in [4.78, 5) is 30.3. The predicted octanol–water partition coefficient (Wildman–Crippen LogP) is -5.58. The van der Waals surface area contributed by atoms with Crippen LogP contribution in [0.1, 0.15) is 12.8 Å². The second kappa shape index (κ2) is 8.09. The molecule has 0 aromatic carbocycles. The topological polar surface area (TPSA) is 135 Å². The van der Waals surface area contributed by atoms with Gasteiger partial charge in [-0.05, 0) is 0 Å². The Balaban J connectivity index is -0.000000720. The molecule has 1 radical (unpaired) electrons. The van der Waals surface area contributed by atoms with E-state index in [1.165, 1.54) is 0 Å². The molecule has 7 nitrogen and oxygen atoms in total. The second-order valence-electron chi connectivity index (χ2n) is 2.46. The molecule has 9 heteroatoms. The summed E-state index contributed by atoms with van der Waals surface area (Å²) < 4.78 is 0. The molecule has 0 amide bonds. The minimum atomic E-state index is -2.80. The van der Waals surface area contributed by atoms with Crippen molar-refractivity contribution in [1.82, 2.24) is 0 Å². The smallest absolute Gasteiger partial charge is 0.550 e. The summed E-state index contributed by atoms with van der Waals surface area (Å²) in [5.41, 5.74) is -2.80. The molecule has 0 fully saturated rings. The van der Waals surface area contributed by atoms with Crippen LogP contribution in [0.25, 0.3) is 0 Å². The standard InChI is InChI=1S/C6H8O7.Cu.Na/c7-3(8)1-6(13,5(11)12)2-4(9)10;;/h13H,1-2H2,(H,7,8)(H,9,10)(H,11,12);;/q;;+1/p-1. The normalized spacial score (nSPS) is 12.6. The molecule has 0 spiro atoms.